The molecule has 0 aromatic carbocycles. The van der Waals surface area contributed by atoms with Crippen LogP contribution in [0.25, 0.3) is 0 Å². The largest absolute Gasteiger partial charge is 2.00 e. The first-order valence-electron chi connectivity index (χ1n) is 7.35. The zero-order valence-electron chi connectivity index (χ0n) is 14.2. The first-order chi connectivity index (χ1) is 8.95. The summed E-state index contributed by atoms with van der Waals surface area (Å²) in [5.41, 5.74) is 0.306. The van der Waals surface area contributed by atoms with Gasteiger partial charge in [0.1, 0.15) is 0 Å². The van der Waals surface area contributed by atoms with Crippen LogP contribution in [0.4, 0.5) is 0 Å². The minimum atomic E-state index is -0.943. The van der Waals surface area contributed by atoms with E-state index in [9.17, 15) is 19.8 Å². The topological polar surface area (TPSA) is 80.3 Å². The second kappa shape index (κ2) is 12.0. The average Bonchev–Trinajstić information content (AvgIpc) is 2.35. The van der Waals surface area contributed by atoms with Crippen LogP contribution in [0.5, 0.6) is 0 Å². The molecule has 0 N–H and O–H groups in total. The molecule has 0 saturated carbocycles. The Morgan fingerprint density at radius 2 is 1.00 bits per heavy atom. The second-order valence-corrected chi connectivity index (χ2v) is 6.78. The Kier molecular flexibility index (Phi) is 14.6. The maximum Gasteiger partial charge on any atom is 2.00 e. The molecule has 0 aliphatic heterocycles. The summed E-state index contributed by atoms with van der Waals surface area (Å²) in [6.07, 6.45) is 3.82. The summed E-state index contributed by atoms with van der Waals surface area (Å²) in [6.45, 7) is 12.4. The van der Waals surface area contributed by atoms with Crippen molar-refractivity contribution in [3.63, 3.8) is 0 Å². The maximum absolute atomic E-state index is 10.1. The average molecular weight is 345 g/mol. The Morgan fingerprint density at radius 1 is 0.762 bits per heavy atom. The third-order valence-corrected chi connectivity index (χ3v) is 3.93. The van der Waals surface area contributed by atoms with Crippen LogP contribution in [-0.2, 0) is 26.4 Å². The van der Waals surface area contributed by atoms with Crippen molar-refractivity contribution in [1.82, 2.24) is 0 Å². The van der Waals surface area contributed by atoms with E-state index >= 15 is 0 Å². The van der Waals surface area contributed by atoms with Crippen molar-refractivity contribution < 1.29 is 36.6 Å². The molecule has 0 bridgehead atoms. The number of hydrogen-bond acceptors (Lipinski definition) is 4. The van der Waals surface area contributed by atoms with Gasteiger partial charge in [0.2, 0.25) is 0 Å². The van der Waals surface area contributed by atoms with E-state index in [1.165, 1.54) is 0 Å². The van der Waals surface area contributed by atoms with E-state index in [1.54, 1.807) is 0 Å². The molecule has 0 fully saturated rings. The molecule has 0 unspecified atom stereocenters. The van der Waals surface area contributed by atoms with Gasteiger partial charge in [-0.2, -0.15) is 0 Å². The standard InChI is InChI=1S/2C8H16O2.Co/c2*1-4-8(2,3)6-5-7(9)10;/h2*4-6H2,1-3H3,(H,9,10);/q;;+2/p-2. The molecule has 0 aliphatic rings. The number of carbonyl (C=O) groups excluding carboxylic acids is 2. The molecule has 0 heterocycles. The number of carboxylic acid groups (broad SMARTS) is 2. The predicted octanol–water partition coefficient (Wildman–Crippen LogP) is 1.90. The van der Waals surface area contributed by atoms with Crippen LogP contribution in [0.15, 0.2) is 0 Å². The van der Waals surface area contributed by atoms with Crippen molar-refractivity contribution in [3.8, 4) is 0 Å². The number of carboxylic acids is 2. The molecule has 4 nitrogen and oxygen atoms in total. The van der Waals surface area contributed by atoms with Gasteiger partial charge >= 0.3 is 16.8 Å². The Bertz CT molecular complexity index is 269. The molecule has 127 valence electrons. The molecule has 0 rings (SSSR count). The van der Waals surface area contributed by atoms with Crippen molar-refractivity contribution in [1.29, 1.82) is 0 Å². The van der Waals surface area contributed by atoms with E-state index in [0.29, 0.717) is 12.8 Å². The van der Waals surface area contributed by atoms with Crippen molar-refractivity contribution in [2.24, 2.45) is 10.8 Å². The first-order valence-corrected chi connectivity index (χ1v) is 7.35. The van der Waals surface area contributed by atoms with Gasteiger partial charge in [0.25, 0.3) is 0 Å². The second-order valence-electron chi connectivity index (χ2n) is 6.78. The van der Waals surface area contributed by atoms with Crippen LogP contribution in [-0.4, -0.2) is 11.9 Å². The summed E-state index contributed by atoms with van der Waals surface area (Å²) < 4.78 is 0. The van der Waals surface area contributed by atoms with Crippen molar-refractivity contribution >= 4 is 11.9 Å². The van der Waals surface area contributed by atoms with E-state index in [0.717, 1.165) is 12.8 Å². The molecular weight excluding hydrogens is 315 g/mol. The van der Waals surface area contributed by atoms with Gasteiger partial charge in [0.05, 0.1) is 0 Å². The third-order valence-electron chi connectivity index (χ3n) is 3.93. The third kappa shape index (κ3) is 19.4. The summed E-state index contributed by atoms with van der Waals surface area (Å²) in [4.78, 5) is 20.1. The fourth-order valence-corrected chi connectivity index (χ4v) is 1.23. The Morgan fingerprint density at radius 3 is 1.14 bits per heavy atom. The normalized spacial score (nSPS) is 11.0. The summed E-state index contributed by atoms with van der Waals surface area (Å²) in [7, 11) is 0. The maximum atomic E-state index is 10.1. The fraction of sp³-hybridized carbons (Fsp3) is 0.875. The van der Waals surface area contributed by atoms with Gasteiger partial charge in [-0.05, 0) is 36.5 Å². The zero-order valence-corrected chi connectivity index (χ0v) is 15.3. The predicted molar refractivity (Wildman–Crippen MR) is 76.6 cm³/mol. The van der Waals surface area contributed by atoms with E-state index < -0.39 is 11.9 Å². The van der Waals surface area contributed by atoms with Gasteiger partial charge < -0.3 is 19.8 Å². The number of hydrogen-bond donors (Lipinski definition) is 0. The molecule has 1 radical (unpaired) electrons. The molecule has 0 amide bonds. The van der Waals surface area contributed by atoms with Crippen LogP contribution < -0.4 is 10.2 Å². The number of carbonyl (C=O) groups is 2. The zero-order chi connectivity index (χ0) is 16.4. The van der Waals surface area contributed by atoms with Gasteiger partial charge in [-0.1, -0.05) is 54.4 Å². The Labute approximate surface area is 139 Å². The SMILES string of the molecule is CCC(C)(C)CCC(=O)[O-].CCC(C)(C)CCC(=O)[O-].[Co+2]. The van der Waals surface area contributed by atoms with Gasteiger partial charge in [-0.25, -0.2) is 0 Å². The summed E-state index contributed by atoms with van der Waals surface area (Å²) >= 11 is 0. The quantitative estimate of drug-likeness (QED) is 0.673. The molecular formula is C16H30CoO4. The van der Waals surface area contributed by atoms with Crippen LogP contribution in [0.3, 0.4) is 0 Å². The molecule has 0 saturated heterocycles. The van der Waals surface area contributed by atoms with E-state index in [-0.39, 0.29) is 40.5 Å². The minimum absolute atomic E-state index is 0. The summed E-state index contributed by atoms with van der Waals surface area (Å²) in [5.74, 6) is -1.89. The van der Waals surface area contributed by atoms with Gasteiger partial charge in [0, 0.05) is 11.9 Å². The van der Waals surface area contributed by atoms with Crippen molar-refractivity contribution in [3.05, 3.63) is 0 Å². The molecule has 0 aromatic rings. The van der Waals surface area contributed by atoms with Crippen LogP contribution in [0.2, 0.25) is 0 Å². The number of rotatable bonds is 8. The van der Waals surface area contributed by atoms with E-state index in [2.05, 4.69) is 41.5 Å². The van der Waals surface area contributed by atoms with Crippen molar-refractivity contribution in [2.45, 2.75) is 80.1 Å². The molecule has 0 aromatic heterocycles. The Balaban J connectivity index is -0.000000295. The fourth-order valence-electron chi connectivity index (χ4n) is 1.23. The monoisotopic (exact) mass is 345 g/mol. The molecule has 0 aliphatic carbocycles. The van der Waals surface area contributed by atoms with Crippen LogP contribution >= 0.6 is 0 Å². The first kappa shape index (κ1) is 25.4. The van der Waals surface area contributed by atoms with Gasteiger partial charge in [0.15, 0.2) is 0 Å². The minimum Gasteiger partial charge on any atom is -0.550 e. The van der Waals surface area contributed by atoms with Gasteiger partial charge in [-0.3, -0.25) is 0 Å². The van der Waals surface area contributed by atoms with Gasteiger partial charge in [-0.15, -0.1) is 0 Å². The number of aliphatic carboxylic acids is 2. The van der Waals surface area contributed by atoms with Crippen LogP contribution in [0, 0.1) is 10.8 Å². The molecule has 0 atom stereocenters. The van der Waals surface area contributed by atoms with Crippen LogP contribution in [0.1, 0.15) is 80.1 Å². The smallest absolute Gasteiger partial charge is 0.550 e. The van der Waals surface area contributed by atoms with E-state index in [4.69, 9.17) is 0 Å². The van der Waals surface area contributed by atoms with Crippen molar-refractivity contribution in [2.75, 3.05) is 0 Å². The molecule has 21 heavy (non-hydrogen) atoms. The summed E-state index contributed by atoms with van der Waals surface area (Å²) in [5, 5.41) is 20.1. The summed E-state index contributed by atoms with van der Waals surface area (Å²) in [6, 6.07) is 0. The Hall–Kier alpha value is -0.554. The molecule has 0 spiro atoms. The van der Waals surface area contributed by atoms with E-state index in [1.807, 2.05) is 0 Å². The molecule has 5 heteroatoms.